The van der Waals surface area contributed by atoms with Crippen molar-refractivity contribution in [1.82, 2.24) is 9.03 Å². The number of nitrogens with one attached hydrogen (secondary N) is 1. The van der Waals surface area contributed by atoms with Crippen molar-refractivity contribution in [3.8, 4) is 0 Å². The van der Waals surface area contributed by atoms with Crippen LogP contribution in [-0.4, -0.2) is 44.9 Å². The second-order valence-corrected chi connectivity index (χ2v) is 8.29. The zero-order valence-electron chi connectivity index (χ0n) is 15.3. The van der Waals surface area contributed by atoms with Gasteiger partial charge in [-0.3, -0.25) is 9.10 Å². The molecule has 11 heteroatoms. The van der Waals surface area contributed by atoms with Crippen LogP contribution in [0.25, 0.3) is 0 Å². The van der Waals surface area contributed by atoms with Gasteiger partial charge in [0, 0.05) is 19.2 Å². The van der Waals surface area contributed by atoms with Crippen LogP contribution >= 0.6 is 23.2 Å². The van der Waals surface area contributed by atoms with Gasteiger partial charge in [-0.05, 0) is 31.0 Å². The van der Waals surface area contributed by atoms with E-state index < -0.39 is 28.2 Å². The molecule has 0 bridgehead atoms. The molecule has 28 heavy (non-hydrogen) atoms. The Kier molecular flexibility index (Phi) is 7.70. The van der Waals surface area contributed by atoms with E-state index in [1.54, 1.807) is 13.0 Å². The Morgan fingerprint density at radius 1 is 1.25 bits per heavy atom. The van der Waals surface area contributed by atoms with E-state index in [0.717, 1.165) is 4.31 Å². The smallest absolute Gasteiger partial charge is 0.337 e. The minimum Gasteiger partial charge on any atom is -0.469 e. The first kappa shape index (κ1) is 22.5. The average molecular weight is 451 g/mol. The summed E-state index contributed by atoms with van der Waals surface area (Å²) in [5, 5.41) is 0.525. The van der Waals surface area contributed by atoms with Crippen LogP contribution < -0.4 is 4.72 Å². The van der Waals surface area contributed by atoms with Gasteiger partial charge >= 0.3 is 22.1 Å². The summed E-state index contributed by atoms with van der Waals surface area (Å²) in [6.45, 7) is 1.76. The molecule has 0 aliphatic carbocycles. The SMILES string of the molecule is CCOC(=O)C1=CN(CCCC(=O)OC)S(=O)(=O)NC1c1ccc(Cl)c(Cl)c1. The molecule has 1 aromatic carbocycles. The summed E-state index contributed by atoms with van der Waals surface area (Å²) in [5.41, 5.74) is 0.527. The fourth-order valence-electron chi connectivity index (χ4n) is 2.57. The van der Waals surface area contributed by atoms with Gasteiger partial charge < -0.3 is 9.47 Å². The third kappa shape index (κ3) is 5.38. The van der Waals surface area contributed by atoms with Crippen LogP contribution in [0.4, 0.5) is 0 Å². The molecule has 1 heterocycles. The van der Waals surface area contributed by atoms with Gasteiger partial charge in [-0.15, -0.1) is 0 Å². The highest BCUT2D eigenvalue weighted by molar-refractivity contribution is 7.87. The highest BCUT2D eigenvalue weighted by Crippen LogP contribution is 2.33. The van der Waals surface area contributed by atoms with Gasteiger partial charge in [-0.2, -0.15) is 13.1 Å². The lowest BCUT2D eigenvalue weighted by molar-refractivity contribution is -0.141. The number of rotatable bonds is 7. The first-order chi connectivity index (χ1) is 13.2. The van der Waals surface area contributed by atoms with Gasteiger partial charge in [0.25, 0.3) is 0 Å². The van der Waals surface area contributed by atoms with Crippen LogP contribution in [0, 0.1) is 0 Å². The number of nitrogens with zero attached hydrogens (tertiary/aromatic N) is 1. The van der Waals surface area contributed by atoms with E-state index in [0.29, 0.717) is 10.6 Å². The van der Waals surface area contributed by atoms with Gasteiger partial charge in [0.1, 0.15) is 0 Å². The number of esters is 2. The molecule has 2 rings (SSSR count). The second kappa shape index (κ2) is 9.60. The zero-order chi connectivity index (χ0) is 20.9. The van der Waals surface area contributed by atoms with E-state index in [1.165, 1.54) is 25.4 Å². The molecular formula is C17H20Cl2N2O6S. The molecule has 1 aromatic rings. The lowest BCUT2D eigenvalue weighted by Gasteiger charge is -2.32. The molecule has 1 unspecified atom stereocenters. The maximum absolute atomic E-state index is 12.6. The molecule has 0 fully saturated rings. The normalized spacial score (nSPS) is 18.4. The minimum atomic E-state index is -3.96. The van der Waals surface area contributed by atoms with Gasteiger partial charge in [0.2, 0.25) is 0 Å². The van der Waals surface area contributed by atoms with E-state index in [9.17, 15) is 18.0 Å². The van der Waals surface area contributed by atoms with Crippen LogP contribution in [0.1, 0.15) is 31.4 Å². The standard InChI is InChI=1S/C17H20Cl2N2O6S/c1-3-27-17(23)12-10-21(8-4-5-15(22)26-2)28(24,25)20-16(12)11-6-7-13(18)14(19)9-11/h6-7,9-10,16,20H,3-5,8H2,1-2H3. The average Bonchev–Trinajstić information content (AvgIpc) is 2.64. The Morgan fingerprint density at radius 3 is 2.57 bits per heavy atom. The fourth-order valence-corrected chi connectivity index (χ4v) is 4.19. The quantitative estimate of drug-likeness (QED) is 0.640. The number of methoxy groups -OCH3 is 1. The predicted octanol–water partition coefficient (Wildman–Crippen LogP) is 2.58. The molecule has 0 aromatic heterocycles. The molecular weight excluding hydrogens is 431 g/mol. The first-order valence-electron chi connectivity index (χ1n) is 8.39. The van der Waals surface area contributed by atoms with Crippen molar-refractivity contribution in [2.45, 2.75) is 25.8 Å². The summed E-state index contributed by atoms with van der Waals surface area (Å²) < 4.78 is 38.3. The van der Waals surface area contributed by atoms with E-state index >= 15 is 0 Å². The molecule has 0 spiro atoms. The molecule has 1 atom stereocenters. The number of hydrogen-bond acceptors (Lipinski definition) is 6. The van der Waals surface area contributed by atoms with Crippen LogP contribution in [0.15, 0.2) is 30.0 Å². The van der Waals surface area contributed by atoms with Crippen LogP contribution in [-0.2, 0) is 29.3 Å². The van der Waals surface area contributed by atoms with E-state index in [1.807, 2.05) is 0 Å². The Labute approximate surface area is 173 Å². The van der Waals surface area contributed by atoms with Crippen LogP contribution in [0.5, 0.6) is 0 Å². The van der Waals surface area contributed by atoms with Gasteiger partial charge in [-0.25, -0.2) is 4.79 Å². The molecule has 1 N–H and O–H groups in total. The Balaban J connectivity index is 2.37. The molecule has 0 saturated carbocycles. The maximum Gasteiger partial charge on any atom is 0.337 e. The highest BCUT2D eigenvalue weighted by atomic mass is 35.5. The van der Waals surface area contributed by atoms with Crippen LogP contribution in [0.3, 0.4) is 0 Å². The lowest BCUT2D eigenvalue weighted by atomic mass is 10.00. The summed E-state index contributed by atoms with van der Waals surface area (Å²) >= 11 is 12.0. The Bertz CT molecular complexity index is 888. The molecule has 154 valence electrons. The molecule has 0 amide bonds. The van der Waals surface area contributed by atoms with Crippen molar-refractivity contribution in [2.75, 3.05) is 20.3 Å². The summed E-state index contributed by atoms with van der Waals surface area (Å²) in [5.74, 6) is -1.12. The number of halogens is 2. The molecule has 8 nitrogen and oxygen atoms in total. The number of ether oxygens (including phenoxy) is 2. The number of carbonyl (C=O) groups is 2. The van der Waals surface area contributed by atoms with Crippen molar-refractivity contribution < 1.29 is 27.5 Å². The van der Waals surface area contributed by atoms with E-state index in [2.05, 4.69) is 9.46 Å². The molecule has 1 aliphatic heterocycles. The van der Waals surface area contributed by atoms with Gasteiger partial charge in [0.05, 0.1) is 35.4 Å². The molecule has 0 saturated heterocycles. The second-order valence-electron chi connectivity index (χ2n) is 5.82. The summed E-state index contributed by atoms with van der Waals surface area (Å²) in [7, 11) is -2.71. The van der Waals surface area contributed by atoms with Gasteiger partial charge in [0.15, 0.2) is 0 Å². The Morgan fingerprint density at radius 2 is 1.96 bits per heavy atom. The third-order valence-electron chi connectivity index (χ3n) is 3.94. The summed E-state index contributed by atoms with van der Waals surface area (Å²) in [6, 6.07) is 3.58. The van der Waals surface area contributed by atoms with Crippen molar-refractivity contribution >= 4 is 45.3 Å². The zero-order valence-corrected chi connectivity index (χ0v) is 17.6. The van der Waals surface area contributed by atoms with Crippen molar-refractivity contribution in [3.05, 3.63) is 45.6 Å². The van der Waals surface area contributed by atoms with Crippen molar-refractivity contribution in [2.24, 2.45) is 0 Å². The summed E-state index contributed by atoms with van der Waals surface area (Å²) in [6.07, 6.45) is 1.48. The number of benzene rings is 1. The number of carbonyl (C=O) groups excluding carboxylic acids is 2. The monoisotopic (exact) mass is 450 g/mol. The van der Waals surface area contributed by atoms with Crippen molar-refractivity contribution in [3.63, 3.8) is 0 Å². The van der Waals surface area contributed by atoms with Crippen LogP contribution in [0.2, 0.25) is 10.0 Å². The Hall–Kier alpha value is -1.81. The van der Waals surface area contributed by atoms with Crippen molar-refractivity contribution in [1.29, 1.82) is 0 Å². The summed E-state index contributed by atoms with van der Waals surface area (Å²) in [4.78, 5) is 23.7. The largest absolute Gasteiger partial charge is 0.469 e. The van der Waals surface area contributed by atoms with E-state index in [4.69, 9.17) is 27.9 Å². The third-order valence-corrected chi connectivity index (χ3v) is 6.12. The highest BCUT2D eigenvalue weighted by Gasteiger charge is 2.36. The first-order valence-corrected chi connectivity index (χ1v) is 10.6. The molecule has 0 radical (unpaired) electrons. The van der Waals surface area contributed by atoms with E-state index in [-0.39, 0.29) is 36.6 Å². The topological polar surface area (TPSA) is 102 Å². The number of hydrogen-bond donors (Lipinski definition) is 1. The minimum absolute atomic E-state index is 0.0125. The molecule has 1 aliphatic rings. The predicted molar refractivity (Wildman–Crippen MR) is 104 cm³/mol. The van der Waals surface area contributed by atoms with Gasteiger partial charge in [-0.1, -0.05) is 29.3 Å². The fraction of sp³-hybridized carbons (Fsp3) is 0.412. The lowest BCUT2D eigenvalue weighted by Crippen LogP contribution is -2.46. The maximum atomic E-state index is 12.6.